The van der Waals surface area contributed by atoms with Crippen LogP contribution < -0.4 is 4.90 Å². The van der Waals surface area contributed by atoms with Crippen LogP contribution in [0.5, 0.6) is 0 Å². The normalized spacial score (nSPS) is 20.9. The number of anilines is 1. The Morgan fingerprint density at radius 2 is 2.04 bits per heavy atom. The number of nitrogens with one attached hydrogen (secondary N) is 1. The first-order valence-electron chi connectivity index (χ1n) is 9.96. The fraction of sp³-hybridized carbons (Fsp3) is 0.667. The van der Waals surface area contributed by atoms with Crippen molar-refractivity contribution in [2.24, 2.45) is 5.41 Å². The number of hydrogen-bond donors (Lipinski definition) is 1. The molecule has 0 saturated carbocycles. The van der Waals surface area contributed by atoms with Gasteiger partial charge < -0.3 is 19.5 Å². The maximum absolute atomic E-state index is 5.41. The maximum Gasteiger partial charge on any atom is 0.129 e. The molecule has 1 N–H and O–H groups in total. The Labute approximate surface area is 156 Å². The van der Waals surface area contributed by atoms with Crippen LogP contribution in [0.15, 0.2) is 18.3 Å². The highest BCUT2D eigenvalue weighted by Gasteiger charge is 2.36. The predicted octanol–water partition coefficient (Wildman–Crippen LogP) is 3.62. The van der Waals surface area contributed by atoms with Crippen molar-refractivity contribution in [1.29, 1.82) is 0 Å². The van der Waals surface area contributed by atoms with Crippen molar-refractivity contribution in [3.8, 4) is 0 Å². The van der Waals surface area contributed by atoms with E-state index in [0.717, 1.165) is 49.7 Å². The Hall–Kier alpha value is -1.59. The number of aromatic nitrogens is 2. The van der Waals surface area contributed by atoms with Crippen LogP contribution in [0.3, 0.4) is 0 Å². The number of ether oxygens (including phenoxy) is 1. The minimum absolute atomic E-state index is 0.361. The third-order valence-corrected chi connectivity index (χ3v) is 6.10. The number of hydrogen-bond acceptors (Lipinski definition) is 4. The fourth-order valence-electron chi connectivity index (χ4n) is 4.43. The molecule has 0 aromatic carbocycles. The Bertz CT molecular complexity index is 756. The highest BCUT2D eigenvalue weighted by atomic mass is 16.5. The summed E-state index contributed by atoms with van der Waals surface area (Å²) < 4.78 is 5.41. The van der Waals surface area contributed by atoms with Gasteiger partial charge in [-0.1, -0.05) is 20.8 Å². The Kier molecular flexibility index (Phi) is 4.70. The van der Waals surface area contributed by atoms with E-state index >= 15 is 0 Å². The smallest absolute Gasteiger partial charge is 0.129 e. The first-order valence-corrected chi connectivity index (χ1v) is 9.96. The van der Waals surface area contributed by atoms with Crippen LogP contribution in [-0.2, 0) is 4.74 Å². The van der Waals surface area contributed by atoms with Crippen molar-refractivity contribution in [1.82, 2.24) is 14.9 Å². The summed E-state index contributed by atoms with van der Waals surface area (Å²) in [4.78, 5) is 13.4. The third-order valence-electron chi connectivity index (χ3n) is 6.10. The van der Waals surface area contributed by atoms with Crippen LogP contribution in [-0.4, -0.2) is 60.8 Å². The molecule has 5 heteroatoms. The molecule has 0 atom stereocenters. The molecule has 0 unspecified atom stereocenters. The number of pyridine rings is 1. The zero-order valence-corrected chi connectivity index (χ0v) is 16.6. The average Bonchev–Trinajstić information content (AvgIpc) is 3.04. The molecule has 142 valence electrons. The monoisotopic (exact) mass is 356 g/mol. The van der Waals surface area contributed by atoms with Crippen LogP contribution in [0.4, 0.5) is 5.82 Å². The Morgan fingerprint density at radius 3 is 2.65 bits per heavy atom. The summed E-state index contributed by atoms with van der Waals surface area (Å²) in [7, 11) is 2.28. The lowest BCUT2D eigenvalue weighted by atomic mass is 9.87. The molecule has 2 fully saturated rings. The number of rotatable bonds is 5. The molecule has 2 aromatic rings. The van der Waals surface area contributed by atoms with Crippen molar-refractivity contribution >= 4 is 16.9 Å². The molecular formula is C21H32N4O. The fourth-order valence-corrected chi connectivity index (χ4v) is 4.43. The van der Waals surface area contributed by atoms with Crippen molar-refractivity contribution in [2.45, 2.75) is 45.6 Å². The van der Waals surface area contributed by atoms with Crippen LogP contribution >= 0.6 is 0 Å². The number of aromatic amines is 1. The summed E-state index contributed by atoms with van der Waals surface area (Å²) in [5.74, 6) is 1.61. The third kappa shape index (κ3) is 3.35. The second-order valence-electron chi connectivity index (χ2n) is 8.90. The van der Waals surface area contributed by atoms with Crippen molar-refractivity contribution in [3.63, 3.8) is 0 Å². The summed E-state index contributed by atoms with van der Waals surface area (Å²) in [6.45, 7) is 11.9. The first kappa shape index (κ1) is 17.8. The van der Waals surface area contributed by atoms with Gasteiger partial charge in [0.05, 0.1) is 24.2 Å². The van der Waals surface area contributed by atoms with E-state index in [9.17, 15) is 0 Å². The molecule has 2 aliphatic rings. The van der Waals surface area contributed by atoms with E-state index in [4.69, 9.17) is 9.72 Å². The topological polar surface area (TPSA) is 44.4 Å². The maximum atomic E-state index is 5.41. The van der Waals surface area contributed by atoms with Crippen LogP contribution in [0.2, 0.25) is 0 Å². The van der Waals surface area contributed by atoms with E-state index in [-0.39, 0.29) is 0 Å². The molecule has 5 nitrogen and oxygen atoms in total. The number of piperidine rings is 1. The van der Waals surface area contributed by atoms with E-state index in [0.29, 0.717) is 17.4 Å². The molecule has 0 radical (unpaired) electrons. The summed E-state index contributed by atoms with van der Waals surface area (Å²) >= 11 is 0. The van der Waals surface area contributed by atoms with Gasteiger partial charge in [-0.05, 0) is 43.5 Å². The van der Waals surface area contributed by atoms with Gasteiger partial charge in [0.25, 0.3) is 0 Å². The van der Waals surface area contributed by atoms with Gasteiger partial charge in [0.15, 0.2) is 0 Å². The van der Waals surface area contributed by atoms with Gasteiger partial charge in [-0.3, -0.25) is 0 Å². The van der Waals surface area contributed by atoms with Crippen molar-refractivity contribution < 1.29 is 4.74 Å². The van der Waals surface area contributed by atoms with E-state index in [2.05, 4.69) is 60.9 Å². The average molecular weight is 357 g/mol. The van der Waals surface area contributed by atoms with E-state index in [1.165, 1.54) is 18.4 Å². The van der Waals surface area contributed by atoms with Crippen molar-refractivity contribution in [3.05, 3.63) is 23.9 Å². The van der Waals surface area contributed by atoms with Crippen LogP contribution in [0.1, 0.15) is 45.1 Å². The van der Waals surface area contributed by atoms with E-state index in [1.807, 2.05) is 0 Å². The SMILES string of the molecule is CC(C)c1c[nH]c2ccc(N3CCC(N(C)CC4(C)COC4)CC3)nc12. The number of H-pyrrole nitrogens is 1. The minimum atomic E-state index is 0.361. The largest absolute Gasteiger partial charge is 0.380 e. The molecule has 0 amide bonds. The lowest BCUT2D eigenvalue weighted by Crippen LogP contribution is -2.52. The number of nitrogens with zero attached hydrogens (tertiary/aromatic N) is 3. The van der Waals surface area contributed by atoms with E-state index < -0.39 is 0 Å². The molecule has 2 saturated heterocycles. The van der Waals surface area contributed by atoms with Crippen molar-refractivity contribution in [2.75, 3.05) is 44.8 Å². The van der Waals surface area contributed by atoms with Crippen LogP contribution in [0.25, 0.3) is 11.0 Å². The molecular weight excluding hydrogens is 324 g/mol. The molecule has 4 rings (SSSR count). The second kappa shape index (κ2) is 6.86. The zero-order valence-electron chi connectivity index (χ0n) is 16.6. The quantitative estimate of drug-likeness (QED) is 0.889. The molecule has 0 bridgehead atoms. The molecule has 4 heterocycles. The van der Waals surface area contributed by atoms with Crippen LogP contribution in [0, 0.1) is 5.41 Å². The van der Waals surface area contributed by atoms with E-state index in [1.54, 1.807) is 0 Å². The minimum Gasteiger partial charge on any atom is -0.380 e. The Morgan fingerprint density at radius 1 is 1.31 bits per heavy atom. The summed E-state index contributed by atoms with van der Waals surface area (Å²) in [6.07, 6.45) is 4.52. The van der Waals surface area contributed by atoms with Gasteiger partial charge >= 0.3 is 0 Å². The summed E-state index contributed by atoms with van der Waals surface area (Å²) in [5.41, 5.74) is 3.95. The van der Waals surface area contributed by atoms with Gasteiger partial charge in [0.1, 0.15) is 5.82 Å². The summed E-state index contributed by atoms with van der Waals surface area (Å²) in [6, 6.07) is 5.02. The van der Waals surface area contributed by atoms with Gasteiger partial charge in [0, 0.05) is 37.3 Å². The van der Waals surface area contributed by atoms with Gasteiger partial charge in [-0.25, -0.2) is 4.98 Å². The van der Waals surface area contributed by atoms with Gasteiger partial charge in [-0.2, -0.15) is 0 Å². The summed E-state index contributed by atoms with van der Waals surface area (Å²) in [5, 5.41) is 0. The molecule has 26 heavy (non-hydrogen) atoms. The molecule has 0 aliphatic carbocycles. The Balaban J connectivity index is 1.41. The molecule has 2 aromatic heterocycles. The highest BCUT2D eigenvalue weighted by Crippen LogP contribution is 2.30. The predicted molar refractivity (Wildman–Crippen MR) is 107 cm³/mol. The zero-order chi connectivity index (χ0) is 18.3. The second-order valence-corrected chi connectivity index (χ2v) is 8.90. The van der Waals surface area contributed by atoms with Gasteiger partial charge in [-0.15, -0.1) is 0 Å². The first-order chi connectivity index (χ1) is 12.5. The molecule has 2 aliphatic heterocycles. The number of fused-ring (bicyclic) bond motifs is 1. The molecule has 0 spiro atoms. The lowest BCUT2D eigenvalue weighted by Gasteiger charge is -2.44. The highest BCUT2D eigenvalue weighted by molar-refractivity contribution is 5.81. The van der Waals surface area contributed by atoms with Gasteiger partial charge in [0.2, 0.25) is 0 Å². The standard InChI is InChI=1S/C21H32N4O/c1-15(2)17-11-22-18-5-6-19(23-20(17)18)25-9-7-16(8-10-25)24(4)12-21(3)13-26-14-21/h5-6,11,15-16,22H,7-10,12-14H2,1-4H3. The lowest BCUT2D eigenvalue weighted by molar-refractivity contribution is -0.116.